The highest BCUT2D eigenvalue weighted by molar-refractivity contribution is 6.32. The van der Waals surface area contributed by atoms with Crippen LogP contribution < -0.4 is 0 Å². The van der Waals surface area contributed by atoms with Crippen LogP contribution in [0.1, 0.15) is 47.9 Å². The number of H-pyrrole nitrogens is 4. The van der Waals surface area contributed by atoms with Gasteiger partial charge in [0.1, 0.15) is 0 Å². The third-order valence-corrected chi connectivity index (χ3v) is 11.5. The number of aromatic amines is 4. The van der Waals surface area contributed by atoms with Gasteiger partial charge in [-0.15, -0.1) is 0 Å². The maximum Gasteiger partial charge on any atom is 0.0458 e. The molecule has 0 aliphatic heterocycles. The molecule has 4 nitrogen and oxygen atoms in total. The Kier molecular flexibility index (Phi) is 6.40. The van der Waals surface area contributed by atoms with Gasteiger partial charge in [-0.3, -0.25) is 0 Å². The summed E-state index contributed by atoms with van der Waals surface area (Å²) in [7, 11) is 0. The summed E-state index contributed by atoms with van der Waals surface area (Å²) in [5, 5.41) is 7.49. The summed E-state index contributed by atoms with van der Waals surface area (Å²) >= 11 is 26.5. The molecule has 8 heteroatoms. The first kappa shape index (κ1) is 28.4. The van der Waals surface area contributed by atoms with Crippen LogP contribution in [0.5, 0.6) is 0 Å². The molecule has 228 valence electrons. The first-order chi connectivity index (χ1) is 22.3. The van der Waals surface area contributed by atoms with E-state index in [9.17, 15) is 0 Å². The highest BCUT2D eigenvalue weighted by atomic mass is 35.5. The molecule has 1 aliphatic rings. The Morgan fingerprint density at radius 2 is 0.609 bits per heavy atom. The normalized spacial score (nSPS) is 16.3. The number of hydrogen-bond donors (Lipinski definition) is 4. The number of hydrogen-bond acceptors (Lipinski definition) is 0. The summed E-state index contributed by atoms with van der Waals surface area (Å²) < 4.78 is 0. The summed E-state index contributed by atoms with van der Waals surface area (Å²) in [6, 6.07) is 24.4. The summed E-state index contributed by atoms with van der Waals surface area (Å²) in [6.07, 6.45) is 12.3. The number of rotatable bonds is 4. The molecule has 4 heterocycles. The quantitative estimate of drug-likeness (QED) is 0.143. The van der Waals surface area contributed by atoms with Crippen molar-refractivity contribution in [2.45, 2.75) is 36.5 Å². The molecule has 1 aliphatic carbocycles. The predicted octanol–water partition coefficient (Wildman–Crippen LogP) is 12.1. The number of benzene rings is 4. The van der Waals surface area contributed by atoms with Crippen LogP contribution in [0.4, 0.5) is 0 Å². The molecule has 0 bridgehead atoms. The third kappa shape index (κ3) is 4.14. The molecule has 4 aromatic heterocycles. The third-order valence-electron chi connectivity index (χ3n) is 10.6. The molecule has 4 N–H and O–H groups in total. The summed E-state index contributed by atoms with van der Waals surface area (Å²) in [5.74, 6) is 0. The second-order valence-corrected chi connectivity index (χ2v) is 14.5. The topological polar surface area (TPSA) is 63.2 Å². The Labute approximate surface area is 285 Å². The van der Waals surface area contributed by atoms with E-state index in [0.29, 0.717) is 0 Å². The van der Waals surface area contributed by atoms with E-state index in [-0.39, 0.29) is 10.8 Å². The molecule has 0 radical (unpaired) electrons. The van der Waals surface area contributed by atoms with Gasteiger partial charge in [0, 0.05) is 99.3 Å². The molecule has 0 atom stereocenters. The molecule has 46 heavy (non-hydrogen) atoms. The lowest BCUT2D eigenvalue weighted by Gasteiger charge is -2.47. The first-order valence-corrected chi connectivity index (χ1v) is 16.9. The van der Waals surface area contributed by atoms with Crippen molar-refractivity contribution in [2.75, 3.05) is 0 Å². The fraction of sp³-hybridized carbons (Fsp3) is 0.158. The zero-order chi connectivity index (χ0) is 31.2. The highest BCUT2D eigenvalue weighted by Gasteiger charge is 2.49. The molecular formula is C38H28Cl4N4. The summed E-state index contributed by atoms with van der Waals surface area (Å²) in [6.45, 7) is 0. The predicted molar refractivity (Wildman–Crippen MR) is 193 cm³/mol. The largest absolute Gasteiger partial charge is 0.361 e. The average Bonchev–Trinajstić information content (AvgIpc) is 3.86. The maximum absolute atomic E-state index is 6.62. The zero-order valence-electron chi connectivity index (χ0n) is 24.6. The van der Waals surface area contributed by atoms with Crippen LogP contribution >= 0.6 is 46.4 Å². The Hall–Kier alpha value is -3.80. The van der Waals surface area contributed by atoms with Crippen molar-refractivity contribution in [2.24, 2.45) is 0 Å². The van der Waals surface area contributed by atoms with Crippen molar-refractivity contribution in [1.29, 1.82) is 0 Å². The van der Waals surface area contributed by atoms with E-state index in [0.717, 1.165) is 89.4 Å². The number of fused-ring (bicyclic) bond motifs is 4. The number of aromatic nitrogens is 4. The van der Waals surface area contributed by atoms with Crippen molar-refractivity contribution >= 4 is 90.0 Å². The maximum atomic E-state index is 6.62. The van der Waals surface area contributed by atoms with Crippen LogP contribution in [-0.4, -0.2) is 19.9 Å². The Bertz CT molecular complexity index is 2120. The fourth-order valence-electron chi connectivity index (χ4n) is 8.43. The van der Waals surface area contributed by atoms with Crippen LogP contribution in [0.25, 0.3) is 43.6 Å². The number of halogens is 4. The van der Waals surface area contributed by atoms with Gasteiger partial charge in [0.25, 0.3) is 0 Å². The van der Waals surface area contributed by atoms with E-state index in [2.05, 4.69) is 93.3 Å². The molecular weight excluding hydrogens is 654 g/mol. The molecule has 9 rings (SSSR count). The lowest BCUT2D eigenvalue weighted by molar-refractivity contribution is 0.262. The van der Waals surface area contributed by atoms with E-state index in [1.165, 1.54) is 22.3 Å². The molecule has 0 spiro atoms. The van der Waals surface area contributed by atoms with Gasteiger partial charge >= 0.3 is 0 Å². The van der Waals surface area contributed by atoms with Gasteiger partial charge in [-0.05, 0) is 121 Å². The smallest absolute Gasteiger partial charge is 0.0458 e. The van der Waals surface area contributed by atoms with E-state index in [1.54, 1.807) is 0 Å². The zero-order valence-corrected chi connectivity index (χ0v) is 27.6. The monoisotopic (exact) mass is 680 g/mol. The molecule has 4 aromatic carbocycles. The fourth-order valence-corrected chi connectivity index (χ4v) is 9.11. The average molecular weight is 682 g/mol. The van der Waals surface area contributed by atoms with Crippen molar-refractivity contribution in [3.63, 3.8) is 0 Å². The van der Waals surface area contributed by atoms with Gasteiger partial charge in [0.15, 0.2) is 0 Å². The minimum Gasteiger partial charge on any atom is -0.361 e. The standard InChI is InChI=1S/C38H28Cl4N4/c39-21-1-5-33-25(13-21)29(17-43-33)37(30-18-44-34-6-2-22(40)14-26(30)34)9-11-38(12-10-37,31-19-45-35-7-3-23(41)15-27(31)35)32-20-46-36-8-4-24(42)16-28(32)36/h1-8,13-20,43-46H,9-12H2. The minimum atomic E-state index is -0.317. The van der Waals surface area contributed by atoms with Gasteiger partial charge in [-0.25, -0.2) is 0 Å². The molecule has 8 aromatic rings. The second kappa shape index (κ2) is 10.4. The second-order valence-electron chi connectivity index (χ2n) is 12.7. The summed E-state index contributed by atoms with van der Waals surface area (Å²) in [4.78, 5) is 14.2. The van der Waals surface area contributed by atoms with Crippen LogP contribution in [0.3, 0.4) is 0 Å². The highest BCUT2D eigenvalue weighted by Crippen LogP contribution is 2.58. The van der Waals surface area contributed by atoms with Gasteiger partial charge < -0.3 is 19.9 Å². The first-order valence-electron chi connectivity index (χ1n) is 15.4. The van der Waals surface area contributed by atoms with Gasteiger partial charge in [0.05, 0.1) is 0 Å². The molecule has 0 saturated heterocycles. The minimum absolute atomic E-state index is 0.317. The lowest BCUT2D eigenvalue weighted by Crippen LogP contribution is -2.41. The van der Waals surface area contributed by atoms with Crippen LogP contribution in [-0.2, 0) is 10.8 Å². The van der Waals surface area contributed by atoms with E-state index >= 15 is 0 Å². The van der Waals surface area contributed by atoms with E-state index in [1.807, 2.05) is 24.3 Å². The van der Waals surface area contributed by atoms with Crippen molar-refractivity contribution in [3.05, 3.63) is 140 Å². The lowest BCUT2D eigenvalue weighted by atomic mass is 9.55. The molecule has 0 amide bonds. The van der Waals surface area contributed by atoms with Gasteiger partial charge in [-0.1, -0.05) is 46.4 Å². The van der Waals surface area contributed by atoms with E-state index < -0.39 is 0 Å². The van der Waals surface area contributed by atoms with Crippen molar-refractivity contribution in [1.82, 2.24) is 19.9 Å². The Morgan fingerprint density at radius 3 is 0.848 bits per heavy atom. The molecule has 1 saturated carbocycles. The van der Waals surface area contributed by atoms with Crippen LogP contribution in [0, 0.1) is 0 Å². The van der Waals surface area contributed by atoms with Crippen LogP contribution in [0.2, 0.25) is 20.1 Å². The molecule has 1 fully saturated rings. The molecule has 0 unspecified atom stereocenters. The van der Waals surface area contributed by atoms with Gasteiger partial charge in [-0.2, -0.15) is 0 Å². The summed E-state index contributed by atoms with van der Waals surface area (Å²) in [5.41, 5.74) is 8.68. The van der Waals surface area contributed by atoms with Gasteiger partial charge in [0.2, 0.25) is 0 Å². The van der Waals surface area contributed by atoms with Crippen molar-refractivity contribution in [3.8, 4) is 0 Å². The van der Waals surface area contributed by atoms with Crippen LogP contribution in [0.15, 0.2) is 97.6 Å². The Balaban J connectivity index is 1.29. The van der Waals surface area contributed by atoms with Crippen molar-refractivity contribution < 1.29 is 0 Å². The Morgan fingerprint density at radius 1 is 0.370 bits per heavy atom. The SMILES string of the molecule is Clc1ccc2[nH]cc(C3(c4c[nH]c5ccc(Cl)cc45)CCC(c4c[nH]c5ccc(Cl)cc45)(c4c[nH]c5ccc(Cl)cc45)CC3)c2c1. The number of nitrogens with one attached hydrogen (secondary N) is 4. The van der Waals surface area contributed by atoms with E-state index in [4.69, 9.17) is 46.4 Å².